The molecule has 0 aliphatic carbocycles. The first-order valence-corrected chi connectivity index (χ1v) is 6.73. The molecule has 0 spiro atoms. The molecule has 2 nitrogen and oxygen atoms in total. The lowest BCUT2D eigenvalue weighted by atomic mass is 10.0. The first-order valence-electron chi connectivity index (χ1n) is 5.61. The number of hydrogen-bond donors (Lipinski definition) is 0. The van der Waals surface area contributed by atoms with Gasteiger partial charge >= 0.3 is 0 Å². The van der Waals surface area contributed by atoms with Crippen LogP contribution in [-0.4, -0.2) is 43.1 Å². The van der Waals surface area contributed by atoms with Gasteiger partial charge in [0, 0.05) is 32.1 Å². The summed E-state index contributed by atoms with van der Waals surface area (Å²) in [5.41, 5.74) is 0. The minimum Gasteiger partial charge on any atom is -0.381 e. The molecule has 84 valence electrons. The number of alkyl halides is 1. The van der Waals surface area contributed by atoms with Crippen molar-refractivity contribution >= 4 is 15.9 Å². The molecule has 1 aliphatic rings. The highest BCUT2D eigenvalue weighted by Crippen LogP contribution is 2.16. The average Bonchev–Trinajstić information content (AvgIpc) is 2.26. The van der Waals surface area contributed by atoms with Crippen LogP contribution in [0.1, 0.15) is 26.2 Å². The number of halogens is 1. The van der Waals surface area contributed by atoms with Crippen molar-refractivity contribution in [1.29, 1.82) is 0 Å². The fraction of sp³-hybridized carbons (Fsp3) is 1.00. The highest BCUT2D eigenvalue weighted by molar-refractivity contribution is 9.09. The van der Waals surface area contributed by atoms with Gasteiger partial charge in [-0.3, -0.25) is 0 Å². The Hall–Kier alpha value is 0.400. The van der Waals surface area contributed by atoms with E-state index in [1.165, 1.54) is 38.9 Å². The average molecular weight is 264 g/mol. The minimum atomic E-state index is 0.510. The Labute approximate surface area is 96.1 Å². The Kier molecular flexibility index (Phi) is 6.06. The summed E-state index contributed by atoms with van der Waals surface area (Å²) in [5, 5.41) is 1.13. The Morgan fingerprint density at radius 1 is 1.43 bits per heavy atom. The van der Waals surface area contributed by atoms with Crippen molar-refractivity contribution in [3.05, 3.63) is 0 Å². The molecule has 0 aromatic carbocycles. The standard InChI is InChI=1S/C11H22BrNO/c1-3-10(8-12)9-13-6-4-11(14-2)5-7-13/h10-11H,3-9H2,1-2H3. The molecule has 3 heteroatoms. The van der Waals surface area contributed by atoms with Gasteiger partial charge in [-0.15, -0.1) is 0 Å². The normalized spacial score (nSPS) is 22.5. The van der Waals surface area contributed by atoms with Gasteiger partial charge in [0.1, 0.15) is 0 Å². The first kappa shape index (κ1) is 12.5. The molecule has 0 N–H and O–H groups in total. The summed E-state index contributed by atoms with van der Waals surface area (Å²) in [6.07, 6.45) is 4.19. The third-order valence-corrected chi connectivity index (χ3v) is 4.10. The molecule has 1 atom stereocenters. The summed E-state index contributed by atoms with van der Waals surface area (Å²) in [7, 11) is 1.83. The topological polar surface area (TPSA) is 12.5 Å². The predicted molar refractivity (Wildman–Crippen MR) is 64.0 cm³/mol. The molecule has 0 aromatic heterocycles. The van der Waals surface area contributed by atoms with E-state index in [1.807, 2.05) is 7.11 Å². The molecular weight excluding hydrogens is 242 g/mol. The maximum absolute atomic E-state index is 5.36. The number of rotatable bonds is 5. The largest absolute Gasteiger partial charge is 0.381 e. The molecular formula is C11H22BrNO. The van der Waals surface area contributed by atoms with Crippen LogP contribution in [0.2, 0.25) is 0 Å². The van der Waals surface area contributed by atoms with E-state index in [2.05, 4.69) is 27.8 Å². The molecule has 0 aromatic rings. The molecule has 1 rings (SSSR count). The van der Waals surface area contributed by atoms with Crippen LogP contribution in [0.15, 0.2) is 0 Å². The highest BCUT2D eigenvalue weighted by atomic mass is 79.9. The minimum absolute atomic E-state index is 0.510. The van der Waals surface area contributed by atoms with E-state index >= 15 is 0 Å². The van der Waals surface area contributed by atoms with Gasteiger partial charge in [-0.25, -0.2) is 0 Å². The Bertz CT molecular complexity index is 142. The van der Waals surface area contributed by atoms with Crippen LogP contribution in [-0.2, 0) is 4.74 Å². The Morgan fingerprint density at radius 3 is 2.50 bits per heavy atom. The SMILES string of the molecule is CCC(CBr)CN1CCC(OC)CC1. The summed E-state index contributed by atoms with van der Waals surface area (Å²) in [6, 6.07) is 0. The second-order valence-corrected chi connectivity index (χ2v) is 4.81. The third kappa shape index (κ3) is 3.87. The molecule has 0 bridgehead atoms. The van der Waals surface area contributed by atoms with Gasteiger partial charge in [-0.2, -0.15) is 0 Å². The van der Waals surface area contributed by atoms with Gasteiger partial charge in [0.15, 0.2) is 0 Å². The van der Waals surface area contributed by atoms with Crippen LogP contribution in [0.25, 0.3) is 0 Å². The second-order valence-electron chi connectivity index (χ2n) is 4.16. The van der Waals surface area contributed by atoms with Gasteiger partial charge in [0.2, 0.25) is 0 Å². The predicted octanol–water partition coefficient (Wildman–Crippen LogP) is 2.52. The summed E-state index contributed by atoms with van der Waals surface area (Å²) in [5.74, 6) is 0.814. The van der Waals surface area contributed by atoms with Gasteiger partial charge in [0.05, 0.1) is 6.10 Å². The maximum atomic E-state index is 5.36. The quantitative estimate of drug-likeness (QED) is 0.707. The van der Waals surface area contributed by atoms with Crippen molar-refractivity contribution in [3.63, 3.8) is 0 Å². The fourth-order valence-electron chi connectivity index (χ4n) is 1.98. The van der Waals surface area contributed by atoms with E-state index in [-0.39, 0.29) is 0 Å². The molecule has 1 aliphatic heterocycles. The fourth-order valence-corrected chi connectivity index (χ4v) is 2.64. The summed E-state index contributed by atoms with van der Waals surface area (Å²) >= 11 is 3.58. The maximum Gasteiger partial charge on any atom is 0.0595 e. The Balaban J connectivity index is 2.21. The lowest BCUT2D eigenvalue weighted by molar-refractivity contribution is 0.0374. The molecule has 1 unspecified atom stereocenters. The summed E-state index contributed by atoms with van der Waals surface area (Å²) in [4.78, 5) is 2.57. The van der Waals surface area contributed by atoms with Crippen LogP contribution < -0.4 is 0 Å². The smallest absolute Gasteiger partial charge is 0.0595 e. The van der Waals surface area contributed by atoms with Crippen LogP contribution in [0.4, 0.5) is 0 Å². The second kappa shape index (κ2) is 6.81. The lowest BCUT2D eigenvalue weighted by Gasteiger charge is -2.33. The van der Waals surface area contributed by atoms with E-state index in [0.29, 0.717) is 6.10 Å². The zero-order valence-electron chi connectivity index (χ0n) is 9.34. The Morgan fingerprint density at radius 2 is 2.07 bits per heavy atom. The van der Waals surface area contributed by atoms with Crippen LogP contribution in [0.5, 0.6) is 0 Å². The van der Waals surface area contributed by atoms with E-state index < -0.39 is 0 Å². The molecule has 1 fully saturated rings. The van der Waals surface area contributed by atoms with E-state index in [4.69, 9.17) is 4.74 Å². The molecule has 0 radical (unpaired) electrons. The number of piperidine rings is 1. The van der Waals surface area contributed by atoms with Gasteiger partial charge in [-0.05, 0) is 18.8 Å². The molecule has 1 heterocycles. The van der Waals surface area contributed by atoms with Crippen molar-refractivity contribution in [1.82, 2.24) is 4.90 Å². The molecule has 0 saturated carbocycles. The number of nitrogens with zero attached hydrogens (tertiary/aromatic N) is 1. The van der Waals surface area contributed by atoms with Gasteiger partial charge in [-0.1, -0.05) is 29.3 Å². The zero-order valence-corrected chi connectivity index (χ0v) is 10.9. The third-order valence-electron chi connectivity index (χ3n) is 3.18. The number of hydrogen-bond acceptors (Lipinski definition) is 2. The van der Waals surface area contributed by atoms with Gasteiger partial charge < -0.3 is 9.64 Å². The van der Waals surface area contributed by atoms with E-state index in [0.717, 1.165) is 11.2 Å². The van der Waals surface area contributed by atoms with Crippen LogP contribution >= 0.6 is 15.9 Å². The summed E-state index contributed by atoms with van der Waals surface area (Å²) < 4.78 is 5.36. The van der Waals surface area contributed by atoms with Crippen molar-refractivity contribution in [2.24, 2.45) is 5.92 Å². The number of methoxy groups -OCH3 is 1. The summed E-state index contributed by atoms with van der Waals surface area (Å²) in [6.45, 7) is 5.94. The first-order chi connectivity index (χ1) is 6.80. The van der Waals surface area contributed by atoms with Crippen LogP contribution in [0.3, 0.4) is 0 Å². The van der Waals surface area contributed by atoms with Crippen molar-refractivity contribution in [3.8, 4) is 0 Å². The van der Waals surface area contributed by atoms with Gasteiger partial charge in [0.25, 0.3) is 0 Å². The van der Waals surface area contributed by atoms with Crippen molar-refractivity contribution in [2.75, 3.05) is 32.1 Å². The van der Waals surface area contributed by atoms with Crippen molar-refractivity contribution in [2.45, 2.75) is 32.3 Å². The molecule has 1 saturated heterocycles. The van der Waals surface area contributed by atoms with Crippen LogP contribution in [0, 0.1) is 5.92 Å². The zero-order chi connectivity index (χ0) is 10.4. The number of likely N-dealkylation sites (tertiary alicyclic amines) is 1. The monoisotopic (exact) mass is 263 g/mol. The van der Waals surface area contributed by atoms with E-state index in [1.54, 1.807) is 0 Å². The number of ether oxygens (including phenoxy) is 1. The van der Waals surface area contributed by atoms with E-state index in [9.17, 15) is 0 Å². The van der Waals surface area contributed by atoms with Crippen molar-refractivity contribution < 1.29 is 4.74 Å². The molecule has 0 amide bonds. The lowest BCUT2D eigenvalue weighted by Crippen LogP contribution is -2.39. The highest BCUT2D eigenvalue weighted by Gasteiger charge is 2.20. The molecule has 14 heavy (non-hydrogen) atoms.